The Balaban J connectivity index is 1.75. The van der Waals surface area contributed by atoms with Gasteiger partial charge in [-0.2, -0.15) is 0 Å². The van der Waals surface area contributed by atoms with E-state index in [2.05, 4.69) is 82.1 Å². The van der Waals surface area contributed by atoms with Gasteiger partial charge in [-0.25, -0.2) is 4.98 Å². The summed E-state index contributed by atoms with van der Waals surface area (Å²) in [5.74, 6) is 0.872. The summed E-state index contributed by atoms with van der Waals surface area (Å²) in [5.41, 5.74) is 6.50. The first-order valence-corrected chi connectivity index (χ1v) is 9.69. The average molecular weight is 375 g/mol. The molecule has 0 fully saturated rings. The fourth-order valence-electron chi connectivity index (χ4n) is 3.89. The quantitative estimate of drug-likeness (QED) is 0.359. The van der Waals surface area contributed by atoms with Gasteiger partial charge in [-0.05, 0) is 48.9 Å². The molecular weight excluding hydrogens is 354 g/mol. The Morgan fingerprint density at radius 1 is 0.828 bits per heavy atom. The highest BCUT2D eigenvalue weighted by molar-refractivity contribution is 6.08. The molecule has 0 aliphatic rings. The summed E-state index contributed by atoms with van der Waals surface area (Å²) < 4.78 is 0. The molecule has 0 radical (unpaired) electrons. The van der Waals surface area contributed by atoms with Crippen LogP contribution in [-0.4, -0.2) is 9.97 Å². The molecule has 0 saturated heterocycles. The molecule has 1 N–H and O–H groups in total. The zero-order chi connectivity index (χ0) is 19.8. The van der Waals surface area contributed by atoms with Crippen molar-refractivity contribution in [1.82, 2.24) is 9.97 Å². The monoisotopic (exact) mass is 375 g/mol. The third-order valence-corrected chi connectivity index (χ3v) is 5.23. The molecule has 0 aliphatic heterocycles. The lowest BCUT2D eigenvalue weighted by atomic mass is 10.0. The van der Waals surface area contributed by atoms with Gasteiger partial charge in [-0.3, -0.25) is 4.90 Å². The van der Waals surface area contributed by atoms with Crippen molar-refractivity contribution in [2.45, 2.75) is 6.92 Å². The highest BCUT2D eigenvalue weighted by Crippen LogP contribution is 2.39. The second-order valence-electron chi connectivity index (χ2n) is 7.22. The number of hydrogen-bond acceptors (Lipinski definition) is 2. The maximum absolute atomic E-state index is 4.64. The number of aromatic amines is 1. The summed E-state index contributed by atoms with van der Waals surface area (Å²) in [6.07, 6.45) is 1.83. The topological polar surface area (TPSA) is 31.9 Å². The van der Waals surface area contributed by atoms with Crippen molar-refractivity contribution in [3.05, 3.63) is 103 Å². The van der Waals surface area contributed by atoms with Crippen LogP contribution in [0.25, 0.3) is 27.4 Å². The summed E-state index contributed by atoms with van der Waals surface area (Å²) in [6.45, 7) is 6.22. The van der Waals surface area contributed by atoms with E-state index in [1.807, 2.05) is 37.4 Å². The predicted octanol–water partition coefficient (Wildman–Crippen LogP) is 7.22. The number of fused-ring (bicyclic) bond motifs is 3. The van der Waals surface area contributed by atoms with E-state index < -0.39 is 0 Å². The van der Waals surface area contributed by atoms with Crippen molar-refractivity contribution in [1.29, 1.82) is 0 Å². The predicted molar refractivity (Wildman–Crippen MR) is 123 cm³/mol. The number of H-pyrrole nitrogens is 1. The number of para-hydroxylation sites is 2. The van der Waals surface area contributed by atoms with Gasteiger partial charge >= 0.3 is 0 Å². The first kappa shape index (κ1) is 17.3. The number of benzene rings is 3. The molecule has 5 aromatic rings. The van der Waals surface area contributed by atoms with Crippen molar-refractivity contribution in [3.63, 3.8) is 0 Å². The minimum absolute atomic E-state index is 0.872. The zero-order valence-corrected chi connectivity index (χ0v) is 16.3. The molecule has 2 aromatic heterocycles. The first-order valence-electron chi connectivity index (χ1n) is 9.69. The van der Waals surface area contributed by atoms with Crippen molar-refractivity contribution in [2.24, 2.45) is 0 Å². The maximum Gasteiger partial charge on any atom is 0.137 e. The van der Waals surface area contributed by atoms with E-state index >= 15 is 0 Å². The summed E-state index contributed by atoms with van der Waals surface area (Å²) in [6, 6.07) is 29.2. The lowest BCUT2D eigenvalue weighted by molar-refractivity contribution is 1.18. The molecule has 140 valence electrons. The second-order valence-corrected chi connectivity index (χ2v) is 7.22. The number of hydrogen-bond donors (Lipinski definition) is 1. The number of anilines is 3. The second kappa shape index (κ2) is 6.95. The van der Waals surface area contributed by atoms with Crippen LogP contribution in [0.5, 0.6) is 0 Å². The zero-order valence-electron chi connectivity index (χ0n) is 16.3. The molecule has 3 nitrogen and oxygen atoms in total. The molecule has 0 aliphatic carbocycles. The van der Waals surface area contributed by atoms with Crippen LogP contribution < -0.4 is 4.90 Å². The molecule has 29 heavy (non-hydrogen) atoms. The van der Waals surface area contributed by atoms with Gasteiger partial charge in [0, 0.05) is 39.3 Å². The van der Waals surface area contributed by atoms with Crippen molar-refractivity contribution in [3.8, 4) is 0 Å². The SMILES string of the molecule is C=C(C)c1ccccc1N(c1ccc2c(c1)[nH]c1ccccc12)c1ccccn1. The number of pyridine rings is 1. The Labute approximate surface area is 170 Å². The van der Waals surface area contributed by atoms with E-state index in [0.29, 0.717) is 0 Å². The Kier molecular flexibility index (Phi) is 4.14. The van der Waals surface area contributed by atoms with Gasteiger partial charge in [0.1, 0.15) is 5.82 Å². The maximum atomic E-state index is 4.64. The number of nitrogens with zero attached hydrogens (tertiary/aromatic N) is 2. The highest BCUT2D eigenvalue weighted by atomic mass is 15.2. The lowest BCUT2D eigenvalue weighted by Crippen LogP contribution is -2.13. The van der Waals surface area contributed by atoms with E-state index in [9.17, 15) is 0 Å². The fraction of sp³-hybridized carbons (Fsp3) is 0.0385. The number of nitrogens with one attached hydrogen (secondary N) is 1. The number of rotatable bonds is 4. The van der Waals surface area contributed by atoms with E-state index in [1.54, 1.807) is 0 Å². The molecule has 0 bridgehead atoms. The van der Waals surface area contributed by atoms with Crippen molar-refractivity contribution in [2.75, 3.05) is 4.90 Å². The van der Waals surface area contributed by atoms with Crippen LogP contribution in [0.1, 0.15) is 12.5 Å². The summed E-state index contributed by atoms with van der Waals surface area (Å²) in [4.78, 5) is 10.4. The van der Waals surface area contributed by atoms with Crippen LogP contribution in [0.2, 0.25) is 0 Å². The lowest BCUT2D eigenvalue weighted by Gasteiger charge is -2.26. The Bertz CT molecular complexity index is 1330. The van der Waals surface area contributed by atoms with Gasteiger partial charge in [-0.1, -0.05) is 55.1 Å². The molecule has 0 atom stereocenters. The largest absolute Gasteiger partial charge is 0.354 e. The van der Waals surface area contributed by atoms with Crippen LogP contribution in [-0.2, 0) is 0 Å². The van der Waals surface area contributed by atoms with E-state index in [-0.39, 0.29) is 0 Å². The van der Waals surface area contributed by atoms with Crippen molar-refractivity contribution < 1.29 is 0 Å². The van der Waals surface area contributed by atoms with Gasteiger partial charge < -0.3 is 4.98 Å². The molecule has 0 spiro atoms. The van der Waals surface area contributed by atoms with Crippen LogP contribution >= 0.6 is 0 Å². The van der Waals surface area contributed by atoms with Gasteiger partial charge in [0.05, 0.1) is 5.69 Å². The van der Waals surface area contributed by atoms with Gasteiger partial charge in [-0.15, -0.1) is 0 Å². The van der Waals surface area contributed by atoms with Gasteiger partial charge in [0.25, 0.3) is 0 Å². The Hall–Kier alpha value is -3.85. The van der Waals surface area contributed by atoms with Gasteiger partial charge in [0.15, 0.2) is 0 Å². The van der Waals surface area contributed by atoms with Crippen LogP contribution in [0.3, 0.4) is 0 Å². The summed E-state index contributed by atoms with van der Waals surface area (Å²) >= 11 is 0. The smallest absolute Gasteiger partial charge is 0.137 e. The summed E-state index contributed by atoms with van der Waals surface area (Å²) in [7, 11) is 0. The molecule has 5 rings (SSSR count). The third kappa shape index (κ3) is 2.97. The molecular formula is C26H21N3. The van der Waals surface area contributed by atoms with E-state index in [1.165, 1.54) is 10.8 Å². The minimum atomic E-state index is 0.872. The highest BCUT2D eigenvalue weighted by Gasteiger charge is 2.18. The Morgan fingerprint density at radius 3 is 2.41 bits per heavy atom. The first-order chi connectivity index (χ1) is 14.2. The number of allylic oxidation sites excluding steroid dienone is 1. The van der Waals surface area contributed by atoms with Crippen LogP contribution in [0.4, 0.5) is 17.2 Å². The third-order valence-electron chi connectivity index (χ3n) is 5.23. The van der Waals surface area contributed by atoms with Crippen LogP contribution in [0, 0.1) is 0 Å². The average Bonchev–Trinajstić information content (AvgIpc) is 3.13. The standard InChI is InChI=1S/C26H21N3/c1-18(2)20-9-4-6-12-25(20)29(26-13-7-8-16-27-26)19-14-15-22-21-10-3-5-11-23(21)28-24(22)17-19/h3-17,28H,1H2,2H3. The molecule has 3 heteroatoms. The Morgan fingerprint density at radius 2 is 1.59 bits per heavy atom. The molecule has 0 amide bonds. The molecule has 0 saturated carbocycles. The van der Waals surface area contributed by atoms with Crippen molar-refractivity contribution >= 4 is 44.6 Å². The fourth-order valence-corrected chi connectivity index (χ4v) is 3.89. The van der Waals surface area contributed by atoms with E-state index in [0.717, 1.165) is 39.4 Å². The molecule has 3 aromatic carbocycles. The summed E-state index contributed by atoms with van der Waals surface area (Å²) in [5, 5.41) is 2.46. The number of aromatic nitrogens is 2. The molecule has 0 unspecified atom stereocenters. The molecule has 2 heterocycles. The normalized spacial score (nSPS) is 11.1. The van der Waals surface area contributed by atoms with E-state index in [4.69, 9.17) is 0 Å². The van der Waals surface area contributed by atoms with Gasteiger partial charge in [0.2, 0.25) is 0 Å². The minimum Gasteiger partial charge on any atom is -0.354 e. The van der Waals surface area contributed by atoms with Crippen LogP contribution in [0.15, 0.2) is 97.7 Å².